The zero-order chi connectivity index (χ0) is 25.8. The first-order valence-corrected chi connectivity index (χ1v) is 13.2. The molecule has 7 nitrogen and oxygen atoms in total. The highest BCUT2D eigenvalue weighted by Crippen LogP contribution is 2.44. The lowest BCUT2D eigenvalue weighted by molar-refractivity contribution is -0.165. The lowest BCUT2D eigenvalue weighted by Crippen LogP contribution is -2.44. The van der Waals surface area contributed by atoms with Crippen LogP contribution in [-0.2, 0) is 19.1 Å². The van der Waals surface area contributed by atoms with Gasteiger partial charge in [0.2, 0.25) is 0 Å². The number of halogens is 1. The maximum absolute atomic E-state index is 13.2. The van der Waals surface area contributed by atoms with Crippen LogP contribution in [0.2, 0.25) is 5.02 Å². The van der Waals surface area contributed by atoms with Crippen LogP contribution in [0.15, 0.2) is 48.1 Å². The predicted molar refractivity (Wildman–Crippen MR) is 134 cm³/mol. The van der Waals surface area contributed by atoms with Crippen LogP contribution in [0, 0.1) is 17.8 Å². The predicted octanol–water partition coefficient (Wildman–Crippen LogP) is 4.39. The number of aliphatic hydroxyl groups is 2. The second-order valence-corrected chi connectivity index (χ2v) is 10.5. The summed E-state index contributed by atoms with van der Waals surface area (Å²) in [4.78, 5) is 25.0. The van der Waals surface area contributed by atoms with Crippen LogP contribution in [-0.4, -0.2) is 52.7 Å². The standard InChI is InChI=1S/C28H35ClO7/c1-3-23(35-24-7-5-4-6-22(24)29)28(33)36-25-14-18(30)12-17-9-8-16(2)21(27(17)25)11-10-20-13-19(31)15-26(32)34-20/h4-9,12,16,18-21,23,25,27,30-31H,3,10-11,13-15H2,1-2H3/t16-,18+,19+,20+,21-,23?,25-,27-/m0/s1. The molecule has 0 radical (unpaired) electrons. The summed E-state index contributed by atoms with van der Waals surface area (Å²) >= 11 is 6.21. The van der Waals surface area contributed by atoms with Crippen LogP contribution in [0.1, 0.15) is 52.4 Å². The molecule has 0 amide bonds. The Morgan fingerprint density at radius 3 is 2.72 bits per heavy atom. The number of rotatable bonds is 8. The molecule has 1 fully saturated rings. The Balaban J connectivity index is 1.48. The van der Waals surface area contributed by atoms with Crippen molar-refractivity contribution in [2.45, 2.75) is 82.9 Å². The van der Waals surface area contributed by atoms with Gasteiger partial charge in [-0.1, -0.05) is 55.8 Å². The first kappa shape index (κ1) is 26.7. The number of cyclic esters (lactones) is 1. The fourth-order valence-corrected chi connectivity index (χ4v) is 5.80. The molecule has 36 heavy (non-hydrogen) atoms. The molecule has 0 spiro atoms. The zero-order valence-corrected chi connectivity index (χ0v) is 21.5. The van der Waals surface area contributed by atoms with Gasteiger partial charge in [0.15, 0.2) is 6.10 Å². The average Bonchev–Trinajstić information content (AvgIpc) is 2.82. The summed E-state index contributed by atoms with van der Waals surface area (Å²) in [5.41, 5.74) is 0.954. The number of para-hydroxylation sites is 1. The lowest BCUT2D eigenvalue weighted by atomic mass is 9.66. The molecule has 2 aliphatic carbocycles. The molecule has 1 saturated heterocycles. The molecule has 0 bridgehead atoms. The van der Waals surface area contributed by atoms with Gasteiger partial charge in [-0.15, -0.1) is 0 Å². The molecule has 1 unspecified atom stereocenters. The van der Waals surface area contributed by atoms with E-state index in [2.05, 4.69) is 13.0 Å². The molecule has 1 aliphatic heterocycles. The van der Waals surface area contributed by atoms with E-state index in [1.54, 1.807) is 24.3 Å². The van der Waals surface area contributed by atoms with Crippen LogP contribution in [0.4, 0.5) is 0 Å². The monoisotopic (exact) mass is 518 g/mol. The van der Waals surface area contributed by atoms with Crippen LogP contribution < -0.4 is 4.74 Å². The van der Waals surface area contributed by atoms with E-state index in [1.807, 2.05) is 19.1 Å². The minimum atomic E-state index is -0.824. The van der Waals surface area contributed by atoms with Crippen molar-refractivity contribution in [2.24, 2.45) is 17.8 Å². The van der Waals surface area contributed by atoms with Crippen molar-refractivity contribution in [3.8, 4) is 5.75 Å². The zero-order valence-electron chi connectivity index (χ0n) is 20.7. The number of esters is 2. The fraction of sp³-hybridized carbons (Fsp3) is 0.571. The summed E-state index contributed by atoms with van der Waals surface area (Å²) in [6, 6.07) is 6.99. The van der Waals surface area contributed by atoms with Gasteiger partial charge in [0.1, 0.15) is 18.0 Å². The van der Waals surface area contributed by atoms with Crippen molar-refractivity contribution in [3.05, 3.63) is 53.1 Å². The first-order valence-electron chi connectivity index (χ1n) is 12.8. The number of benzene rings is 1. The second kappa shape index (κ2) is 11.8. The van der Waals surface area contributed by atoms with Crippen molar-refractivity contribution >= 4 is 23.5 Å². The first-order chi connectivity index (χ1) is 17.2. The third-order valence-electron chi connectivity index (χ3n) is 7.44. The molecule has 8 heteroatoms. The van der Waals surface area contributed by atoms with E-state index in [1.165, 1.54) is 0 Å². The van der Waals surface area contributed by atoms with Crippen molar-refractivity contribution in [3.63, 3.8) is 0 Å². The van der Waals surface area contributed by atoms with Crippen LogP contribution in [0.3, 0.4) is 0 Å². The molecule has 196 valence electrons. The maximum Gasteiger partial charge on any atom is 0.347 e. The van der Waals surface area contributed by atoms with E-state index in [4.69, 9.17) is 25.8 Å². The van der Waals surface area contributed by atoms with Crippen LogP contribution in [0.5, 0.6) is 5.75 Å². The van der Waals surface area contributed by atoms with E-state index in [-0.39, 0.29) is 36.2 Å². The number of hydrogen-bond donors (Lipinski definition) is 2. The van der Waals surface area contributed by atoms with Crippen molar-refractivity contribution in [2.75, 3.05) is 0 Å². The maximum atomic E-state index is 13.2. The Labute approximate surface area is 217 Å². The SMILES string of the molecule is CCC(Oc1ccccc1Cl)C(=O)O[C@H]1C[C@H](O)C=C2C=C[C@H](C)[C@H](CC[C@@H]3C[C@@H](O)CC(=O)O3)[C@H]21. The van der Waals surface area contributed by atoms with Crippen LogP contribution in [0.25, 0.3) is 0 Å². The van der Waals surface area contributed by atoms with Gasteiger partial charge < -0.3 is 24.4 Å². The lowest BCUT2D eigenvalue weighted by Gasteiger charge is -2.43. The summed E-state index contributed by atoms with van der Waals surface area (Å²) in [5.74, 6) is -0.209. The Morgan fingerprint density at radius 1 is 1.22 bits per heavy atom. The molecule has 1 aromatic rings. The average molecular weight is 519 g/mol. The Bertz CT molecular complexity index is 1010. The fourth-order valence-electron chi connectivity index (χ4n) is 5.62. The van der Waals surface area contributed by atoms with Gasteiger partial charge in [-0.25, -0.2) is 4.79 Å². The summed E-state index contributed by atoms with van der Waals surface area (Å²) in [7, 11) is 0. The highest BCUT2D eigenvalue weighted by molar-refractivity contribution is 6.32. The Kier molecular flexibility index (Phi) is 8.75. The number of fused-ring (bicyclic) bond motifs is 1. The molecule has 0 aromatic heterocycles. The van der Waals surface area contributed by atoms with Gasteiger partial charge in [-0.2, -0.15) is 0 Å². The molecule has 8 atom stereocenters. The van der Waals surface area contributed by atoms with E-state index >= 15 is 0 Å². The molecule has 2 N–H and O–H groups in total. The number of carbonyl (C=O) groups excluding carboxylic acids is 2. The highest BCUT2D eigenvalue weighted by atomic mass is 35.5. The molecular weight excluding hydrogens is 484 g/mol. The van der Waals surface area contributed by atoms with E-state index in [9.17, 15) is 19.8 Å². The summed E-state index contributed by atoms with van der Waals surface area (Å²) < 4.78 is 17.4. The summed E-state index contributed by atoms with van der Waals surface area (Å²) in [6.07, 6.45) is 5.44. The third kappa shape index (κ3) is 6.31. The summed E-state index contributed by atoms with van der Waals surface area (Å²) in [5, 5.41) is 20.9. The molecule has 0 saturated carbocycles. The van der Waals surface area contributed by atoms with Gasteiger partial charge in [0.05, 0.1) is 23.7 Å². The van der Waals surface area contributed by atoms with Gasteiger partial charge in [0, 0.05) is 18.8 Å². The summed E-state index contributed by atoms with van der Waals surface area (Å²) in [6.45, 7) is 3.97. The topological polar surface area (TPSA) is 102 Å². The van der Waals surface area contributed by atoms with Crippen molar-refractivity contribution in [1.29, 1.82) is 0 Å². The molecule has 3 aliphatic rings. The number of allylic oxidation sites excluding steroid dienone is 2. The number of aliphatic hydroxyl groups excluding tert-OH is 2. The molecule has 1 aromatic carbocycles. The van der Waals surface area contributed by atoms with E-state index in [0.717, 1.165) is 12.0 Å². The van der Waals surface area contributed by atoms with Gasteiger partial charge in [-0.05, 0) is 48.8 Å². The normalized spacial score (nSPS) is 32.6. The molecule has 1 heterocycles. The van der Waals surface area contributed by atoms with Gasteiger partial charge >= 0.3 is 11.9 Å². The van der Waals surface area contributed by atoms with Gasteiger partial charge in [-0.3, -0.25) is 4.79 Å². The Hall–Kier alpha value is -2.35. The highest BCUT2D eigenvalue weighted by Gasteiger charge is 2.43. The van der Waals surface area contributed by atoms with Crippen molar-refractivity contribution in [1.82, 2.24) is 0 Å². The number of ether oxygens (including phenoxy) is 3. The van der Waals surface area contributed by atoms with Crippen LogP contribution >= 0.6 is 11.6 Å². The quantitative estimate of drug-likeness (QED) is 0.492. The second-order valence-electron chi connectivity index (χ2n) is 10.1. The molecular formula is C28H35ClO7. The van der Waals surface area contributed by atoms with E-state index < -0.39 is 30.4 Å². The third-order valence-corrected chi connectivity index (χ3v) is 7.75. The van der Waals surface area contributed by atoms with Gasteiger partial charge in [0.25, 0.3) is 0 Å². The Morgan fingerprint density at radius 2 is 2.00 bits per heavy atom. The minimum absolute atomic E-state index is 0.0410. The number of carbonyl (C=O) groups is 2. The van der Waals surface area contributed by atoms with E-state index in [0.29, 0.717) is 36.5 Å². The minimum Gasteiger partial charge on any atom is -0.477 e. The van der Waals surface area contributed by atoms with Crippen molar-refractivity contribution < 1.29 is 34.0 Å². The molecule has 4 rings (SSSR count). The number of hydrogen-bond acceptors (Lipinski definition) is 7. The smallest absolute Gasteiger partial charge is 0.347 e. The largest absolute Gasteiger partial charge is 0.477 e.